The Morgan fingerprint density at radius 1 is 1.20 bits per heavy atom. The minimum absolute atomic E-state index is 0.0308. The minimum Gasteiger partial charge on any atom is -0.378 e. The third-order valence-corrected chi connectivity index (χ3v) is 4.77. The zero-order valence-electron chi connectivity index (χ0n) is 15.6. The summed E-state index contributed by atoms with van der Waals surface area (Å²) in [6.07, 6.45) is 2.68. The molecule has 0 unspecified atom stereocenters. The SMILES string of the molecule is C[C@@H](NC(=O)C(C)(C)CCCc1ccccc1)C(=O)N1CCOCC1. The van der Waals surface area contributed by atoms with Crippen LogP contribution in [0.1, 0.15) is 39.2 Å². The van der Waals surface area contributed by atoms with Crippen molar-refractivity contribution in [2.24, 2.45) is 5.41 Å². The zero-order chi connectivity index (χ0) is 18.3. The molecule has 2 amide bonds. The van der Waals surface area contributed by atoms with Crippen molar-refractivity contribution in [3.8, 4) is 0 Å². The number of amides is 2. The van der Waals surface area contributed by atoms with Crippen LogP contribution in [0.25, 0.3) is 0 Å². The number of nitrogens with one attached hydrogen (secondary N) is 1. The van der Waals surface area contributed by atoms with Crippen LogP contribution in [-0.2, 0) is 20.7 Å². The molecule has 1 N–H and O–H groups in total. The highest BCUT2D eigenvalue weighted by Gasteiger charge is 2.31. The van der Waals surface area contributed by atoms with E-state index in [9.17, 15) is 9.59 Å². The van der Waals surface area contributed by atoms with Crippen LogP contribution >= 0.6 is 0 Å². The van der Waals surface area contributed by atoms with Gasteiger partial charge in [0.1, 0.15) is 6.04 Å². The summed E-state index contributed by atoms with van der Waals surface area (Å²) < 4.78 is 5.26. The quantitative estimate of drug-likeness (QED) is 0.825. The highest BCUT2D eigenvalue weighted by Crippen LogP contribution is 2.24. The lowest BCUT2D eigenvalue weighted by molar-refractivity contribution is -0.141. The highest BCUT2D eigenvalue weighted by molar-refractivity contribution is 5.89. The molecule has 5 heteroatoms. The molecular weight excluding hydrogens is 316 g/mol. The summed E-state index contributed by atoms with van der Waals surface area (Å²) in [5.41, 5.74) is 0.795. The van der Waals surface area contributed by atoms with Crippen molar-refractivity contribution in [1.82, 2.24) is 10.2 Å². The van der Waals surface area contributed by atoms with Crippen LogP contribution in [0.5, 0.6) is 0 Å². The number of benzene rings is 1. The Bertz CT molecular complexity index is 566. The average molecular weight is 346 g/mol. The summed E-state index contributed by atoms with van der Waals surface area (Å²) in [4.78, 5) is 26.8. The van der Waals surface area contributed by atoms with Crippen LogP contribution in [0.15, 0.2) is 30.3 Å². The maximum absolute atomic E-state index is 12.6. The lowest BCUT2D eigenvalue weighted by Gasteiger charge is -2.31. The van der Waals surface area contributed by atoms with Gasteiger partial charge in [-0.05, 0) is 31.7 Å². The first kappa shape index (κ1) is 19.4. The fourth-order valence-corrected chi connectivity index (χ4v) is 3.00. The fourth-order valence-electron chi connectivity index (χ4n) is 3.00. The van der Waals surface area contributed by atoms with Gasteiger partial charge in [-0.25, -0.2) is 0 Å². The molecule has 138 valence electrons. The van der Waals surface area contributed by atoms with E-state index < -0.39 is 11.5 Å². The standard InChI is InChI=1S/C20H30N2O3/c1-16(18(23)22-12-14-25-15-13-22)21-19(24)20(2,3)11-7-10-17-8-5-4-6-9-17/h4-6,8-9,16H,7,10-15H2,1-3H3,(H,21,24)/t16-/m1/s1. The van der Waals surface area contributed by atoms with Crippen molar-refractivity contribution >= 4 is 11.8 Å². The van der Waals surface area contributed by atoms with E-state index in [1.54, 1.807) is 11.8 Å². The molecule has 0 saturated carbocycles. The van der Waals surface area contributed by atoms with Gasteiger partial charge in [0.2, 0.25) is 11.8 Å². The van der Waals surface area contributed by atoms with E-state index in [0.29, 0.717) is 26.3 Å². The van der Waals surface area contributed by atoms with E-state index in [4.69, 9.17) is 4.74 Å². The van der Waals surface area contributed by atoms with Crippen molar-refractivity contribution in [2.75, 3.05) is 26.3 Å². The lowest BCUT2D eigenvalue weighted by Crippen LogP contribution is -2.52. The molecule has 1 aromatic carbocycles. The monoisotopic (exact) mass is 346 g/mol. The molecular formula is C20H30N2O3. The minimum atomic E-state index is -0.501. The van der Waals surface area contributed by atoms with Crippen LogP contribution in [0.2, 0.25) is 0 Å². The summed E-state index contributed by atoms with van der Waals surface area (Å²) in [7, 11) is 0. The molecule has 1 aliphatic rings. The number of aryl methyl sites for hydroxylation is 1. The molecule has 1 aliphatic heterocycles. The third-order valence-electron chi connectivity index (χ3n) is 4.77. The van der Waals surface area contributed by atoms with Crippen molar-refractivity contribution in [3.63, 3.8) is 0 Å². The van der Waals surface area contributed by atoms with E-state index >= 15 is 0 Å². The molecule has 1 heterocycles. The molecule has 0 aliphatic carbocycles. The predicted octanol–water partition coefficient (Wildman–Crippen LogP) is 2.40. The van der Waals surface area contributed by atoms with Crippen LogP contribution < -0.4 is 5.32 Å². The van der Waals surface area contributed by atoms with Gasteiger partial charge in [-0.2, -0.15) is 0 Å². The Morgan fingerprint density at radius 2 is 1.84 bits per heavy atom. The predicted molar refractivity (Wildman–Crippen MR) is 98.2 cm³/mol. The molecule has 2 rings (SSSR count). The van der Waals surface area contributed by atoms with Gasteiger partial charge >= 0.3 is 0 Å². The van der Waals surface area contributed by atoms with Crippen molar-refractivity contribution < 1.29 is 14.3 Å². The number of nitrogens with zero attached hydrogens (tertiary/aromatic N) is 1. The molecule has 1 atom stereocenters. The molecule has 5 nitrogen and oxygen atoms in total. The Morgan fingerprint density at radius 3 is 2.48 bits per heavy atom. The van der Waals surface area contributed by atoms with Crippen LogP contribution in [-0.4, -0.2) is 49.1 Å². The number of hydrogen-bond acceptors (Lipinski definition) is 3. The molecule has 1 aromatic rings. The third kappa shape index (κ3) is 5.85. The van der Waals surface area contributed by atoms with E-state index in [0.717, 1.165) is 19.3 Å². The van der Waals surface area contributed by atoms with Gasteiger partial charge in [0.15, 0.2) is 0 Å². The number of hydrogen-bond donors (Lipinski definition) is 1. The Labute approximate surface area is 150 Å². The molecule has 1 saturated heterocycles. The number of carbonyl (C=O) groups is 2. The van der Waals surface area contributed by atoms with Gasteiger partial charge in [-0.1, -0.05) is 44.2 Å². The Kier molecular flexibility index (Phi) is 7.00. The van der Waals surface area contributed by atoms with Crippen molar-refractivity contribution in [3.05, 3.63) is 35.9 Å². The normalized spacial score (nSPS) is 16.4. The molecule has 0 spiro atoms. The molecule has 1 fully saturated rings. The molecule has 0 aromatic heterocycles. The molecule has 25 heavy (non-hydrogen) atoms. The second-order valence-corrected chi connectivity index (χ2v) is 7.36. The molecule has 0 radical (unpaired) electrons. The Balaban J connectivity index is 1.79. The van der Waals surface area contributed by atoms with Gasteiger partial charge in [0.05, 0.1) is 13.2 Å². The van der Waals surface area contributed by atoms with Crippen LogP contribution in [0.4, 0.5) is 0 Å². The number of carbonyl (C=O) groups excluding carboxylic acids is 2. The van der Waals surface area contributed by atoms with Crippen molar-refractivity contribution in [1.29, 1.82) is 0 Å². The summed E-state index contributed by atoms with van der Waals surface area (Å²) in [5.74, 6) is -0.0913. The summed E-state index contributed by atoms with van der Waals surface area (Å²) >= 11 is 0. The van der Waals surface area contributed by atoms with Gasteiger partial charge in [0, 0.05) is 18.5 Å². The van der Waals surface area contributed by atoms with Gasteiger partial charge in [-0.3, -0.25) is 9.59 Å². The number of ether oxygens (including phenoxy) is 1. The van der Waals surface area contributed by atoms with Gasteiger partial charge in [-0.15, -0.1) is 0 Å². The number of rotatable bonds is 7. The summed E-state index contributed by atoms with van der Waals surface area (Å²) in [5, 5.41) is 2.89. The second-order valence-electron chi connectivity index (χ2n) is 7.36. The molecule has 0 bridgehead atoms. The van der Waals surface area contributed by atoms with E-state index in [1.165, 1.54) is 5.56 Å². The van der Waals surface area contributed by atoms with E-state index in [-0.39, 0.29) is 11.8 Å². The first-order chi connectivity index (χ1) is 11.9. The van der Waals surface area contributed by atoms with Crippen LogP contribution in [0.3, 0.4) is 0 Å². The zero-order valence-corrected chi connectivity index (χ0v) is 15.6. The summed E-state index contributed by atoms with van der Waals surface area (Å²) in [6.45, 7) is 7.97. The van der Waals surface area contributed by atoms with Gasteiger partial charge in [0.25, 0.3) is 0 Å². The summed E-state index contributed by atoms with van der Waals surface area (Å²) in [6, 6.07) is 9.79. The first-order valence-corrected chi connectivity index (χ1v) is 9.11. The van der Waals surface area contributed by atoms with Crippen LogP contribution in [0, 0.1) is 5.41 Å². The largest absolute Gasteiger partial charge is 0.378 e. The second kappa shape index (κ2) is 8.99. The van der Waals surface area contributed by atoms with Crippen molar-refractivity contribution in [2.45, 2.75) is 46.1 Å². The van der Waals surface area contributed by atoms with E-state index in [2.05, 4.69) is 17.4 Å². The van der Waals surface area contributed by atoms with E-state index in [1.807, 2.05) is 32.0 Å². The smallest absolute Gasteiger partial charge is 0.245 e. The average Bonchev–Trinajstić information content (AvgIpc) is 2.62. The highest BCUT2D eigenvalue weighted by atomic mass is 16.5. The topological polar surface area (TPSA) is 58.6 Å². The maximum atomic E-state index is 12.6. The number of morpholine rings is 1. The van der Waals surface area contributed by atoms with Gasteiger partial charge < -0.3 is 15.0 Å². The first-order valence-electron chi connectivity index (χ1n) is 9.11. The Hall–Kier alpha value is -1.88. The lowest BCUT2D eigenvalue weighted by atomic mass is 9.85. The fraction of sp³-hybridized carbons (Fsp3) is 0.600. The maximum Gasteiger partial charge on any atom is 0.245 e.